The molecule has 0 amide bonds. The molecular formula is C29H41N3O. The molecule has 2 heterocycles. The van der Waals surface area contributed by atoms with Crippen LogP contribution < -0.4 is 4.74 Å². The van der Waals surface area contributed by atoms with Gasteiger partial charge >= 0.3 is 0 Å². The largest absolute Gasteiger partial charge is 0.492 e. The van der Waals surface area contributed by atoms with E-state index in [1.165, 1.54) is 49.8 Å². The van der Waals surface area contributed by atoms with Crippen molar-refractivity contribution < 1.29 is 4.74 Å². The monoisotopic (exact) mass is 447 g/mol. The molecule has 1 aromatic carbocycles. The second kappa shape index (κ2) is 10.1. The van der Waals surface area contributed by atoms with E-state index in [1.807, 2.05) is 6.20 Å². The number of fused-ring (bicyclic) bond motifs is 1. The molecule has 2 unspecified atom stereocenters. The van der Waals surface area contributed by atoms with E-state index in [2.05, 4.69) is 66.0 Å². The maximum Gasteiger partial charge on any atom is 0.137 e. The van der Waals surface area contributed by atoms with E-state index in [0.717, 1.165) is 55.8 Å². The van der Waals surface area contributed by atoms with Crippen molar-refractivity contribution in [3.63, 3.8) is 0 Å². The van der Waals surface area contributed by atoms with Gasteiger partial charge in [-0.15, -0.1) is 0 Å². The SMILES string of the molecule is CCC1CCC(C)N(Cc2ccc3c(c2)C[C@H](N(C)Cc2ccc(OCC4CC4)cn2)C3)C1. The Morgan fingerprint density at radius 1 is 1.03 bits per heavy atom. The molecule has 0 spiro atoms. The van der Waals surface area contributed by atoms with Crippen molar-refractivity contribution in [1.29, 1.82) is 0 Å². The minimum atomic E-state index is 0.557. The first-order valence-corrected chi connectivity index (χ1v) is 13.2. The number of nitrogens with zero attached hydrogens (tertiary/aromatic N) is 3. The fourth-order valence-electron chi connectivity index (χ4n) is 5.58. The lowest BCUT2D eigenvalue weighted by Crippen LogP contribution is -2.41. The summed E-state index contributed by atoms with van der Waals surface area (Å²) in [7, 11) is 2.25. The highest BCUT2D eigenvalue weighted by Crippen LogP contribution is 2.31. The lowest BCUT2D eigenvalue weighted by atomic mass is 9.91. The predicted molar refractivity (Wildman–Crippen MR) is 134 cm³/mol. The number of ether oxygens (including phenoxy) is 1. The molecule has 4 heteroatoms. The number of piperidine rings is 1. The zero-order valence-corrected chi connectivity index (χ0v) is 20.8. The molecular weight excluding hydrogens is 406 g/mol. The maximum absolute atomic E-state index is 5.84. The Kier molecular flexibility index (Phi) is 7.03. The number of pyridine rings is 1. The molecule has 1 aromatic heterocycles. The van der Waals surface area contributed by atoms with Gasteiger partial charge in [-0.1, -0.05) is 31.5 Å². The molecule has 2 aliphatic carbocycles. The number of rotatable bonds is 9. The van der Waals surface area contributed by atoms with Gasteiger partial charge in [0.25, 0.3) is 0 Å². The first-order chi connectivity index (χ1) is 16.1. The molecule has 2 fully saturated rings. The minimum Gasteiger partial charge on any atom is -0.492 e. The molecule has 1 saturated heterocycles. The topological polar surface area (TPSA) is 28.6 Å². The van der Waals surface area contributed by atoms with Gasteiger partial charge in [0.1, 0.15) is 5.75 Å². The molecule has 4 nitrogen and oxygen atoms in total. The van der Waals surface area contributed by atoms with Crippen LogP contribution in [0.5, 0.6) is 5.75 Å². The van der Waals surface area contributed by atoms with E-state index in [1.54, 1.807) is 5.56 Å². The Balaban J connectivity index is 1.15. The van der Waals surface area contributed by atoms with Crippen molar-refractivity contribution in [2.75, 3.05) is 20.2 Å². The molecule has 5 rings (SSSR count). The van der Waals surface area contributed by atoms with Gasteiger partial charge in [-0.05, 0) is 93.2 Å². The molecule has 0 radical (unpaired) electrons. The Bertz CT molecular complexity index is 923. The van der Waals surface area contributed by atoms with Gasteiger partial charge in [0, 0.05) is 31.7 Å². The summed E-state index contributed by atoms with van der Waals surface area (Å²) in [4.78, 5) is 9.85. The van der Waals surface area contributed by atoms with Crippen molar-refractivity contribution in [2.24, 2.45) is 11.8 Å². The minimum absolute atomic E-state index is 0.557. The number of hydrogen-bond acceptors (Lipinski definition) is 4. The quantitative estimate of drug-likeness (QED) is 0.509. The molecule has 178 valence electrons. The average molecular weight is 448 g/mol. The normalized spacial score (nSPS) is 25.4. The summed E-state index contributed by atoms with van der Waals surface area (Å²) < 4.78 is 5.84. The predicted octanol–water partition coefficient (Wildman–Crippen LogP) is 5.48. The molecule has 3 aliphatic rings. The molecule has 1 aliphatic heterocycles. The van der Waals surface area contributed by atoms with Gasteiger partial charge in [0.15, 0.2) is 0 Å². The van der Waals surface area contributed by atoms with Crippen molar-refractivity contribution >= 4 is 0 Å². The van der Waals surface area contributed by atoms with Crippen molar-refractivity contribution in [3.05, 3.63) is 58.9 Å². The van der Waals surface area contributed by atoms with E-state index in [4.69, 9.17) is 4.74 Å². The number of benzene rings is 1. The lowest BCUT2D eigenvalue weighted by Gasteiger charge is -2.38. The third-order valence-corrected chi connectivity index (χ3v) is 8.27. The molecule has 33 heavy (non-hydrogen) atoms. The van der Waals surface area contributed by atoms with Crippen molar-refractivity contribution in [3.8, 4) is 5.75 Å². The van der Waals surface area contributed by atoms with Crippen LogP contribution in [0.1, 0.15) is 68.3 Å². The van der Waals surface area contributed by atoms with Crippen LogP contribution in [-0.4, -0.2) is 47.1 Å². The Labute approximate surface area is 200 Å². The number of likely N-dealkylation sites (N-methyl/N-ethyl adjacent to an activating group) is 1. The second-order valence-electron chi connectivity index (χ2n) is 10.9. The molecule has 3 atom stereocenters. The van der Waals surface area contributed by atoms with Crippen LogP contribution in [0.25, 0.3) is 0 Å². The van der Waals surface area contributed by atoms with Crippen LogP contribution in [0, 0.1) is 11.8 Å². The first-order valence-electron chi connectivity index (χ1n) is 13.2. The van der Waals surface area contributed by atoms with Gasteiger partial charge in [-0.25, -0.2) is 0 Å². The fourth-order valence-corrected chi connectivity index (χ4v) is 5.58. The van der Waals surface area contributed by atoms with E-state index in [9.17, 15) is 0 Å². The lowest BCUT2D eigenvalue weighted by molar-refractivity contribution is 0.108. The zero-order chi connectivity index (χ0) is 22.8. The highest BCUT2D eigenvalue weighted by molar-refractivity contribution is 5.37. The van der Waals surface area contributed by atoms with E-state index in [-0.39, 0.29) is 0 Å². The summed E-state index contributed by atoms with van der Waals surface area (Å²) in [5, 5.41) is 0. The zero-order valence-electron chi connectivity index (χ0n) is 20.8. The third kappa shape index (κ3) is 5.78. The highest BCUT2D eigenvalue weighted by Gasteiger charge is 2.27. The Morgan fingerprint density at radius 3 is 2.61 bits per heavy atom. The van der Waals surface area contributed by atoms with Crippen molar-refractivity contribution in [1.82, 2.24) is 14.8 Å². The summed E-state index contributed by atoms with van der Waals surface area (Å²) in [6.07, 6.45) is 10.9. The Hall–Kier alpha value is -1.91. The third-order valence-electron chi connectivity index (χ3n) is 8.27. The van der Waals surface area contributed by atoms with Gasteiger partial charge < -0.3 is 4.74 Å². The van der Waals surface area contributed by atoms with E-state index >= 15 is 0 Å². The summed E-state index contributed by atoms with van der Waals surface area (Å²) >= 11 is 0. The van der Waals surface area contributed by atoms with Crippen LogP contribution in [0.15, 0.2) is 36.5 Å². The van der Waals surface area contributed by atoms with Crippen LogP contribution in [0.4, 0.5) is 0 Å². The van der Waals surface area contributed by atoms with E-state index in [0.29, 0.717) is 12.1 Å². The van der Waals surface area contributed by atoms with Crippen LogP contribution >= 0.6 is 0 Å². The van der Waals surface area contributed by atoms with Gasteiger partial charge in [-0.3, -0.25) is 14.8 Å². The van der Waals surface area contributed by atoms with Gasteiger partial charge in [0.2, 0.25) is 0 Å². The van der Waals surface area contributed by atoms with Crippen LogP contribution in [0.2, 0.25) is 0 Å². The average Bonchev–Trinajstić information content (AvgIpc) is 3.56. The summed E-state index contributed by atoms with van der Waals surface area (Å²) in [5.41, 5.74) is 5.70. The fraction of sp³-hybridized carbons (Fsp3) is 0.621. The number of hydrogen-bond donors (Lipinski definition) is 0. The molecule has 1 saturated carbocycles. The Morgan fingerprint density at radius 2 is 1.85 bits per heavy atom. The van der Waals surface area contributed by atoms with Gasteiger partial charge in [0.05, 0.1) is 18.5 Å². The first kappa shape index (κ1) is 22.9. The highest BCUT2D eigenvalue weighted by atomic mass is 16.5. The van der Waals surface area contributed by atoms with Crippen molar-refractivity contribution in [2.45, 2.75) is 84.0 Å². The van der Waals surface area contributed by atoms with Crippen LogP contribution in [-0.2, 0) is 25.9 Å². The number of likely N-dealkylation sites (tertiary alicyclic amines) is 1. The van der Waals surface area contributed by atoms with E-state index < -0.39 is 0 Å². The smallest absolute Gasteiger partial charge is 0.137 e. The number of aromatic nitrogens is 1. The molecule has 0 bridgehead atoms. The summed E-state index contributed by atoms with van der Waals surface area (Å²) in [6.45, 7) is 8.85. The molecule has 0 N–H and O–H groups in total. The maximum atomic E-state index is 5.84. The summed E-state index contributed by atoms with van der Waals surface area (Å²) in [6, 6.07) is 12.7. The van der Waals surface area contributed by atoms with Crippen LogP contribution in [0.3, 0.4) is 0 Å². The summed E-state index contributed by atoms with van der Waals surface area (Å²) in [5.74, 6) is 2.56. The molecule has 2 aromatic rings. The second-order valence-corrected chi connectivity index (χ2v) is 10.9. The van der Waals surface area contributed by atoms with Gasteiger partial charge in [-0.2, -0.15) is 0 Å². The standard InChI is InChI=1S/C29H41N3O/c1-4-22-6-5-21(2)32(17-22)18-24-9-10-25-14-28(15-26(25)13-24)31(3)19-27-11-12-29(16-30-27)33-20-23-7-8-23/h9-13,16,21-23,28H,4-8,14-15,17-20H2,1-3H3/t21?,22?,28-/m1/s1.